The Bertz CT molecular complexity index is 323. The molecule has 1 aliphatic heterocycles. The van der Waals surface area contributed by atoms with Crippen molar-refractivity contribution in [2.75, 3.05) is 51.0 Å². The zero-order chi connectivity index (χ0) is 11.9. The Morgan fingerprint density at radius 1 is 1.24 bits per heavy atom. The average molecular weight is 252 g/mol. The number of morpholine rings is 1. The van der Waals surface area contributed by atoms with Crippen molar-refractivity contribution in [2.45, 2.75) is 4.90 Å². The molecule has 1 heterocycles. The highest BCUT2D eigenvalue weighted by Gasteiger charge is 2.08. The fourth-order valence-corrected chi connectivity index (χ4v) is 2.30. The van der Waals surface area contributed by atoms with Crippen molar-refractivity contribution in [2.24, 2.45) is 0 Å². The molecule has 0 radical (unpaired) electrons. The van der Waals surface area contributed by atoms with E-state index in [0.717, 1.165) is 39.4 Å². The standard InChI is InChI=1S/C13H20N2OS/c1-17-13-4-2-12(3-5-13)14-6-7-15-8-10-16-11-9-15/h2-5,14H,6-11H2,1H3. The molecule has 0 unspecified atom stereocenters. The highest BCUT2D eigenvalue weighted by molar-refractivity contribution is 7.98. The third-order valence-corrected chi connectivity index (χ3v) is 3.69. The topological polar surface area (TPSA) is 24.5 Å². The number of anilines is 1. The van der Waals surface area contributed by atoms with Gasteiger partial charge in [-0.1, -0.05) is 0 Å². The van der Waals surface area contributed by atoms with Gasteiger partial charge in [-0.3, -0.25) is 4.90 Å². The first-order chi connectivity index (χ1) is 8.38. The largest absolute Gasteiger partial charge is 0.384 e. The Morgan fingerprint density at radius 2 is 1.94 bits per heavy atom. The lowest BCUT2D eigenvalue weighted by atomic mass is 10.3. The Balaban J connectivity index is 1.69. The highest BCUT2D eigenvalue weighted by Crippen LogP contribution is 2.17. The predicted molar refractivity (Wildman–Crippen MR) is 74.0 cm³/mol. The molecule has 2 rings (SSSR count). The monoisotopic (exact) mass is 252 g/mol. The maximum absolute atomic E-state index is 5.33. The van der Waals surface area contributed by atoms with Gasteiger partial charge in [0.2, 0.25) is 0 Å². The zero-order valence-corrected chi connectivity index (χ0v) is 11.1. The molecule has 1 fully saturated rings. The Kier molecular flexibility index (Phi) is 5.16. The second-order valence-corrected chi connectivity index (χ2v) is 4.99. The maximum Gasteiger partial charge on any atom is 0.0594 e. The van der Waals surface area contributed by atoms with Crippen LogP contribution >= 0.6 is 11.8 Å². The van der Waals surface area contributed by atoms with Crippen molar-refractivity contribution in [1.82, 2.24) is 4.90 Å². The second-order valence-electron chi connectivity index (χ2n) is 4.11. The molecule has 1 aliphatic rings. The first kappa shape index (κ1) is 12.7. The molecule has 1 saturated heterocycles. The number of nitrogens with one attached hydrogen (secondary N) is 1. The van der Waals surface area contributed by atoms with Gasteiger partial charge in [0.05, 0.1) is 13.2 Å². The van der Waals surface area contributed by atoms with Gasteiger partial charge in [0.25, 0.3) is 0 Å². The van der Waals surface area contributed by atoms with E-state index in [1.807, 2.05) is 0 Å². The van der Waals surface area contributed by atoms with Gasteiger partial charge in [0.15, 0.2) is 0 Å². The van der Waals surface area contributed by atoms with Crippen LogP contribution in [0.4, 0.5) is 5.69 Å². The van der Waals surface area contributed by atoms with Gasteiger partial charge in [-0.05, 0) is 30.5 Å². The predicted octanol–water partition coefficient (Wildman–Crippen LogP) is 2.15. The molecule has 0 amide bonds. The molecule has 0 bridgehead atoms. The second kappa shape index (κ2) is 6.89. The van der Waals surface area contributed by atoms with Crippen molar-refractivity contribution in [3.8, 4) is 0 Å². The SMILES string of the molecule is CSc1ccc(NCCN2CCOCC2)cc1. The van der Waals surface area contributed by atoms with Crippen molar-refractivity contribution >= 4 is 17.4 Å². The molecule has 4 heteroatoms. The van der Waals surface area contributed by atoms with E-state index in [1.54, 1.807) is 11.8 Å². The normalized spacial score (nSPS) is 17.0. The summed E-state index contributed by atoms with van der Waals surface area (Å²) in [6.07, 6.45) is 2.10. The molecule has 1 N–H and O–H groups in total. The van der Waals surface area contributed by atoms with E-state index in [0.29, 0.717) is 0 Å². The molecular formula is C13H20N2OS. The van der Waals surface area contributed by atoms with Crippen molar-refractivity contribution in [1.29, 1.82) is 0 Å². The molecule has 3 nitrogen and oxygen atoms in total. The number of benzene rings is 1. The van der Waals surface area contributed by atoms with Gasteiger partial charge in [0.1, 0.15) is 0 Å². The third-order valence-electron chi connectivity index (χ3n) is 2.95. The van der Waals surface area contributed by atoms with Crippen LogP contribution in [0.15, 0.2) is 29.2 Å². The summed E-state index contributed by atoms with van der Waals surface area (Å²) in [4.78, 5) is 3.75. The van der Waals surface area contributed by atoms with Crippen LogP contribution in [0.2, 0.25) is 0 Å². The van der Waals surface area contributed by atoms with E-state index >= 15 is 0 Å². The number of hydrogen-bond donors (Lipinski definition) is 1. The lowest BCUT2D eigenvalue weighted by molar-refractivity contribution is 0.0398. The molecule has 0 aliphatic carbocycles. The van der Waals surface area contributed by atoms with Crippen molar-refractivity contribution in [3.05, 3.63) is 24.3 Å². The Labute approximate surface area is 108 Å². The molecule has 0 atom stereocenters. The summed E-state index contributed by atoms with van der Waals surface area (Å²) in [6, 6.07) is 8.60. The van der Waals surface area contributed by atoms with E-state index in [2.05, 4.69) is 40.7 Å². The number of nitrogens with zero attached hydrogens (tertiary/aromatic N) is 1. The summed E-state index contributed by atoms with van der Waals surface area (Å²) >= 11 is 1.77. The summed E-state index contributed by atoms with van der Waals surface area (Å²) in [5, 5.41) is 3.45. The number of rotatable bonds is 5. The Morgan fingerprint density at radius 3 is 2.59 bits per heavy atom. The summed E-state index contributed by atoms with van der Waals surface area (Å²) in [5.74, 6) is 0. The minimum Gasteiger partial charge on any atom is -0.384 e. The van der Waals surface area contributed by atoms with Gasteiger partial charge in [-0.2, -0.15) is 0 Å². The molecule has 1 aromatic carbocycles. The summed E-state index contributed by atoms with van der Waals surface area (Å²) in [7, 11) is 0. The van der Waals surface area contributed by atoms with Gasteiger partial charge in [-0.25, -0.2) is 0 Å². The summed E-state index contributed by atoms with van der Waals surface area (Å²) in [5.41, 5.74) is 1.20. The molecule has 0 saturated carbocycles. The minimum absolute atomic E-state index is 0.877. The van der Waals surface area contributed by atoms with Gasteiger partial charge >= 0.3 is 0 Å². The van der Waals surface area contributed by atoms with E-state index < -0.39 is 0 Å². The Hall–Kier alpha value is -0.710. The van der Waals surface area contributed by atoms with Crippen LogP contribution in [0.3, 0.4) is 0 Å². The quantitative estimate of drug-likeness (QED) is 0.812. The molecule has 17 heavy (non-hydrogen) atoms. The average Bonchev–Trinajstić information content (AvgIpc) is 2.41. The lowest BCUT2D eigenvalue weighted by Crippen LogP contribution is -2.38. The maximum atomic E-state index is 5.33. The molecule has 0 spiro atoms. The van der Waals surface area contributed by atoms with E-state index in [-0.39, 0.29) is 0 Å². The number of ether oxygens (including phenoxy) is 1. The highest BCUT2D eigenvalue weighted by atomic mass is 32.2. The van der Waals surface area contributed by atoms with Gasteiger partial charge in [-0.15, -0.1) is 11.8 Å². The smallest absolute Gasteiger partial charge is 0.0594 e. The van der Waals surface area contributed by atoms with E-state index in [9.17, 15) is 0 Å². The first-order valence-electron chi connectivity index (χ1n) is 6.06. The van der Waals surface area contributed by atoms with Gasteiger partial charge < -0.3 is 10.1 Å². The number of hydrogen-bond acceptors (Lipinski definition) is 4. The molecule has 94 valence electrons. The fraction of sp³-hybridized carbons (Fsp3) is 0.538. The molecule has 1 aromatic rings. The van der Waals surface area contributed by atoms with Gasteiger partial charge in [0, 0.05) is 36.8 Å². The van der Waals surface area contributed by atoms with Crippen LogP contribution < -0.4 is 5.32 Å². The lowest BCUT2D eigenvalue weighted by Gasteiger charge is -2.26. The summed E-state index contributed by atoms with van der Waals surface area (Å²) < 4.78 is 5.33. The van der Waals surface area contributed by atoms with E-state index in [1.165, 1.54) is 10.6 Å². The summed E-state index contributed by atoms with van der Waals surface area (Å²) in [6.45, 7) is 5.97. The minimum atomic E-state index is 0.877. The number of thioether (sulfide) groups is 1. The fourth-order valence-electron chi connectivity index (χ4n) is 1.89. The van der Waals surface area contributed by atoms with Crippen LogP contribution in [0.1, 0.15) is 0 Å². The van der Waals surface area contributed by atoms with Crippen LogP contribution in [0.25, 0.3) is 0 Å². The van der Waals surface area contributed by atoms with Crippen LogP contribution in [0.5, 0.6) is 0 Å². The van der Waals surface area contributed by atoms with Crippen LogP contribution in [0, 0.1) is 0 Å². The van der Waals surface area contributed by atoms with Crippen LogP contribution in [-0.2, 0) is 4.74 Å². The molecule has 0 aromatic heterocycles. The first-order valence-corrected chi connectivity index (χ1v) is 7.29. The van der Waals surface area contributed by atoms with Crippen molar-refractivity contribution < 1.29 is 4.74 Å². The van der Waals surface area contributed by atoms with Crippen molar-refractivity contribution in [3.63, 3.8) is 0 Å². The third kappa shape index (κ3) is 4.22. The van der Waals surface area contributed by atoms with Crippen LogP contribution in [-0.4, -0.2) is 50.5 Å². The molecular weight excluding hydrogens is 232 g/mol. The van der Waals surface area contributed by atoms with E-state index in [4.69, 9.17) is 4.74 Å². The zero-order valence-electron chi connectivity index (χ0n) is 10.3.